The standard InChI is InChI=1S/C16H27NO2/c1-11(2)9-12(3)17(5)13(4)15-8-7-14(19-6)10-16(15)18/h7-8,10-13,18H,9H2,1-6H3. The molecule has 1 N–H and O–H groups in total. The third-order valence-corrected chi connectivity index (χ3v) is 3.81. The van der Waals surface area contributed by atoms with Gasteiger partial charge in [-0.05, 0) is 39.3 Å². The molecule has 1 aromatic rings. The fraction of sp³-hybridized carbons (Fsp3) is 0.625. The van der Waals surface area contributed by atoms with Crippen LogP contribution in [0, 0.1) is 5.92 Å². The van der Waals surface area contributed by atoms with Crippen molar-refractivity contribution in [2.24, 2.45) is 5.92 Å². The highest BCUT2D eigenvalue weighted by molar-refractivity contribution is 5.41. The molecule has 3 heteroatoms. The van der Waals surface area contributed by atoms with Crippen LogP contribution in [0.3, 0.4) is 0 Å². The lowest BCUT2D eigenvalue weighted by Crippen LogP contribution is -2.32. The Kier molecular flexibility index (Phi) is 5.67. The lowest BCUT2D eigenvalue weighted by atomic mass is 10.00. The zero-order chi connectivity index (χ0) is 14.6. The molecule has 0 heterocycles. The normalized spacial score (nSPS) is 14.7. The Labute approximate surface area is 117 Å². The van der Waals surface area contributed by atoms with Gasteiger partial charge in [-0.3, -0.25) is 4.90 Å². The molecule has 19 heavy (non-hydrogen) atoms. The van der Waals surface area contributed by atoms with Gasteiger partial charge in [0, 0.05) is 23.7 Å². The summed E-state index contributed by atoms with van der Waals surface area (Å²) in [4.78, 5) is 2.31. The van der Waals surface area contributed by atoms with Crippen LogP contribution >= 0.6 is 0 Å². The van der Waals surface area contributed by atoms with Gasteiger partial charge in [0.1, 0.15) is 11.5 Å². The average molecular weight is 265 g/mol. The van der Waals surface area contributed by atoms with Crippen LogP contribution in [0.15, 0.2) is 18.2 Å². The van der Waals surface area contributed by atoms with Crippen LogP contribution in [0.2, 0.25) is 0 Å². The smallest absolute Gasteiger partial charge is 0.124 e. The minimum absolute atomic E-state index is 0.180. The maximum absolute atomic E-state index is 10.1. The number of ether oxygens (including phenoxy) is 1. The van der Waals surface area contributed by atoms with Crippen LogP contribution in [0.25, 0.3) is 0 Å². The van der Waals surface area contributed by atoms with Crippen molar-refractivity contribution in [1.82, 2.24) is 4.90 Å². The molecule has 0 saturated carbocycles. The highest BCUT2D eigenvalue weighted by Gasteiger charge is 2.20. The molecule has 2 unspecified atom stereocenters. The Morgan fingerprint density at radius 3 is 2.32 bits per heavy atom. The molecule has 0 saturated heterocycles. The predicted octanol–water partition coefficient (Wildman–Crippen LogP) is 3.83. The average Bonchev–Trinajstić information content (AvgIpc) is 2.36. The molecule has 1 aromatic carbocycles. The second-order valence-electron chi connectivity index (χ2n) is 5.74. The fourth-order valence-corrected chi connectivity index (χ4v) is 2.45. The lowest BCUT2D eigenvalue weighted by molar-refractivity contribution is 0.173. The Bertz CT molecular complexity index is 404. The van der Waals surface area contributed by atoms with Crippen molar-refractivity contribution in [1.29, 1.82) is 0 Å². The van der Waals surface area contributed by atoms with E-state index in [-0.39, 0.29) is 6.04 Å². The fourth-order valence-electron chi connectivity index (χ4n) is 2.45. The van der Waals surface area contributed by atoms with Crippen molar-refractivity contribution in [3.8, 4) is 11.5 Å². The molecule has 0 bridgehead atoms. The quantitative estimate of drug-likeness (QED) is 0.848. The van der Waals surface area contributed by atoms with E-state index in [2.05, 4.69) is 39.6 Å². The second-order valence-corrected chi connectivity index (χ2v) is 5.74. The zero-order valence-corrected chi connectivity index (χ0v) is 13.0. The van der Waals surface area contributed by atoms with Crippen molar-refractivity contribution in [3.63, 3.8) is 0 Å². The third-order valence-electron chi connectivity index (χ3n) is 3.81. The molecule has 0 aliphatic carbocycles. The number of hydrogen-bond acceptors (Lipinski definition) is 3. The largest absolute Gasteiger partial charge is 0.507 e. The monoisotopic (exact) mass is 265 g/mol. The van der Waals surface area contributed by atoms with Crippen LogP contribution in [0.4, 0.5) is 0 Å². The number of benzene rings is 1. The molecule has 0 radical (unpaired) electrons. The highest BCUT2D eigenvalue weighted by Crippen LogP contribution is 2.32. The Morgan fingerprint density at radius 1 is 1.21 bits per heavy atom. The van der Waals surface area contributed by atoms with E-state index in [4.69, 9.17) is 4.74 Å². The first kappa shape index (κ1) is 15.8. The minimum atomic E-state index is 0.180. The van der Waals surface area contributed by atoms with Gasteiger partial charge in [-0.15, -0.1) is 0 Å². The topological polar surface area (TPSA) is 32.7 Å². The predicted molar refractivity (Wildman–Crippen MR) is 79.8 cm³/mol. The SMILES string of the molecule is COc1ccc(C(C)N(C)C(C)CC(C)C)c(O)c1. The summed E-state index contributed by atoms with van der Waals surface area (Å²) in [6.07, 6.45) is 1.15. The van der Waals surface area contributed by atoms with Crippen molar-refractivity contribution >= 4 is 0 Å². The van der Waals surface area contributed by atoms with Gasteiger partial charge in [-0.2, -0.15) is 0 Å². The van der Waals surface area contributed by atoms with Crippen molar-refractivity contribution in [2.45, 2.75) is 46.2 Å². The number of hydrogen-bond donors (Lipinski definition) is 1. The lowest BCUT2D eigenvalue weighted by Gasteiger charge is -2.32. The number of aromatic hydroxyl groups is 1. The van der Waals surface area contributed by atoms with Gasteiger partial charge in [0.25, 0.3) is 0 Å². The van der Waals surface area contributed by atoms with E-state index < -0.39 is 0 Å². The number of phenols is 1. The van der Waals surface area contributed by atoms with Gasteiger partial charge >= 0.3 is 0 Å². The van der Waals surface area contributed by atoms with E-state index in [0.29, 0.717) is 23.5 Å². The van der Waals surface area contributed by atoms with Gasteiger partial charge < -0.3 is 9.84 Å². The Balaban J connectivity index is 2.84. The van der Waals surface area contributed by atoms with E-state index in [0.717, 1.165) is 12.0 Å². The summed E-state index contributed by atoms with van der Waals surface area (Å²) in [6, 6.07) is 6.17. The molecule has 2 atom stereocenters. The summed E-state index contributed by atoms with van der Waals surface area (Å²) < 4.78 is 5.12. The summed E-state index contributed by atoms with van der Waals surface area (Å²) >= 11 is 0. The summed E-state index contributed by atoms with van der Waals surface area (Å²) in [5, 5.41) is 10.1. The zero-order valence-electron chi connectivity index (χ0n) is 13.0. The molecule has 3 nitrogen and oxygen atoms in total. The highest BCUT2D eigenvalue weighted by atomic mass is 16.5. The Morgan fingerprint density at radius 2 is 1.84 bits per heavy atom. The van der Waals surface area contributed by atoms with E-state index in [1.54, 1.807) is 13.2 Å². The summed E-state index contributed by atoms with van der Waals surface area (Å²) in [5.74, 6) is 1.66. The molecular formula is C16H27NO2. The van der Waals surface area contributed by atoms with E-state index in [1.807, 2.05) is 12.1 Å². The first-order valence-electron chi connectivity index (χ1n) is 6.95. The number of phenolic OH excluding ortho intramolecular Hbond substituents is 1. The van der Waals surface area contributed by atoms with Gasteiger partial charge in [-0.25, -0.2) is 0 Å². The first-order chi connectivity index (χ1) is 8.86. The first-order valence-corrected chi connectivity index (χ1v) is 6.95. The molecule has 0 spiro atoms. The maximum Gasteiger partial charge on any atom is 0.124 e. The van der Waals surface area contributed by atoms with Crippen LogP contribution in [-0.4, -0.2) is 30.2 Å². The van der Waals surface area contributed by atoms with Crippen LogP contribution < -0.4 is 4.74 Å². The second kappa shape index (κ2) is 6.80. The van der Waals surface area contributed by atoms with E-state index in [1.165, 1.54) is 0 Å². The van der Waals surface area contributed by atoms with Gasteiger partial charge in [0.05, 0.1) is 7.11 Å². The molecular weight excluding hydrogens is 238 g/mol. The van der Waals surface area contributed by atoms with Crippen molar-refractivity contribution in [3.05, 3.63) is 23.8 Å². The molecule has 0 aliphatic heterocycles. The van der Waals surface area contributed by atoms with E-state index >= 15 is 0 Å². The van der Waals surface area contributed by atoms with Crippen molar-refractivity contribution in [2.75, 3.05) is 14.2 Å². The van der Waals surface area contributed by atoms with Gasteiger partial charge in [0.15, 0.2) is 0 Å². The van der Waals surface area contributed by atoms with Crippen LogP contribution in [-0.2, 0) is 0 Å². The third kappa shape index (κ3) is 4.13. The van der Waals surface area contributed by atoms with Crippen LogP contribution in [0.1, 0.15) is 45.7 Å². The summed E-state index contributed by atoms with van der Waals surface area (Å²) in [6.45, 7) is 8.83. The van der Waals surface area contributed by atoms with E-state index in [9.17, 15) is 5.11 Å². The summed E-state index contributed by atoms with van der Waals surface area (Å²) in [7, 11) is 3.72. The number of rotatable bonds is 6. The molecule has 108 valence electrons. The molecule has 1 rings (SSSR count). The van der Waals surface area contributed by atoms with Crippen molar-refractivity contribution < 1.29 is 9.84 Å². The van der Waals surface area contributed by atoms with Gasteiger partial charge in [0.2, 0.25) is 0 Å². The number of methoxy groups -OCH3 is 1. The minimum Gasteiger partial charge on any atom is -0.507 e. The molecule has 0 aromatic heterocycles. The Hall–Kier alpha value is -1.22. The molecule has 0 fully saturated rings. The number of nitrogens with zero attached hydrogens (tertiary/aromatic N) is 1. The maximum atomic E-state index is 10.1. The molecule has 0 aliphatic rings. The summed E-state index contributed by atoms with van der Waals surface area (Å²) in [5.41, 5.74) is 0.943. The van der Waals surface area contributed by atoms with Crippen LogP contribution in [0.5, 0.6) is 11.5 Å². The molecule has 0 amide bonds. The van der Waals surface area contributed by atoms with Gasteiger partial charge in [-0.1, -0.05) is 19.9 Å².